The summed E-state index contributed by atoms with van der Waals surface area (Å²) in [5.74, 6) is 1.24. The maximum Gasteiger partial charge on any atom is 0.239 e. The third-order valence-corrected chi connectivity index (χ3v) is 6.79. The number of aryl methyl sites for hydroxylation is 1. The molecule has 2 aliphatic rings. The van der Waals surface area contributed by atoms with Crippen LogP contribution in [-0.2, 0) is 16.0 Å². The lowest BCUT2D eigenvalue weighted by Crippen LogP contribution is -2.61. The van der Waals surface area contributed by atoms with Crippen molar-refractivity contribution in [1.82, 2.24) is 14.7 Å². The van der Waals surface area contributed by atoms with Gasteiger partial charge in [0, 0.05) is 33.6 Å². The summed E-state index contributed by atoms with van der Waals surface area (Å²) in [6.45, 7) is 2.46. The number of nitrogens with zero attached hydrogens (tertiary/aromatic N) is 3. The smallest absolute Gasteiger partial charge is 0.239 e. The number of piperidine rings is 2. The van der Waals surface area contributed by atoms with E-state index in [-0.39, 0.29) is 23.3 Å². The highest BCUT2D eigenvalue weighted by Crippen LogP contribution is 2.44. The second-order valence-electron chi connectivity index (χ2n) is 8.77. The van der Waals surface area contributed by atoms with E-state index in [0.717, 1.165) is 56.6 Å². The van der Waals surface area contributed by atoms with Gasteiger partial charge in [0.25, 0.3) is 0 Å². The van der Waals surface area contributed by atoms with Crippen LogP contribution in [0.15, 0.2) is 24.3 Å². The number of hydrogen-bond donors (Lipinski definition) is 0. The number of para-hydroxylation sites is 1. The average molecular weight is 402 g/mol. The van der Waals surface area contributed by atoms with Crippen molar-refractivity contribution >= 4 is 11.8 Å². The van der Waals surface area contributed by atoms with Crippen LogP contribution < -0.4 is 4.74 Å². The van der Waals surface area contributed by atoms with Gasteiger partial charge in [0.1, 0.15) is 5.75 Å². The topological polar surface area (TPSA) is 53.1 Å². The van der Waals surface area contributed by atoms with E-state index in [4.69, 9.17) is 4.74 Å². The average Bonchev–Trinajstić information content (AvgIpc) is 2.72. The summed E-state index contributed by atoms with van der Waals surface area (Å²) in [7, 11) is 7.42. The van der Waals surface area contributed by atoms with Crippen LogP contribution >= 0.6 is 0 Å². The van der Waals surface area contributed by atoms with Crippen molar-refractivity contribution in [2.75, 3.05) is 47.9 Å². The molecule has 2 heterocycles. The van der Waals surface area contributed by atoms with Gasteiger partial charge in [-0.3, -0.25) is 14.5 Å². The first-order valence-corrected chi connectivity index (χ1v) is 10.7. The van der Waals surface area contributed by atoms with Gasteiger partial charge in [-0.25, -0.2) is 0 Å². The predicted octanol–water partition coefficient (Wildman–Crippen LogP) is 2.42. The van der Waals surface area contributed by atoms with Gasteiger partial charge in [-0.15, -0.1) is 0 Å². The van der Waals surface area contributed by atoms with Crippen molar-refractivity contribution in [2.24, 2.45) is 5.41 Å². The van der Waals surface area contributed by atoms with E-state index in [0.29, 0.717) is 12.8 Å². The number of carbonyl (C=O) groups excluding carboxylic acids is 2. The van der Waals surface area contributed by atoms with Gasteiger partial charge in [0.2, 0.25) is 11.8 Å². The molecule has 160 valence electrons. The summed E-state index contributed by atoms with van der Waals surface area (Å²) in [5, 5.41) is 0. The molecule has 1 spiro atoms. The van der Waals surface area contributed by atoms with Crippen LogP contribution in [0.25, 0.3) is 0 Å². The van der Waals surface area contributed by atoms with Crippen molar-refractivity contribution < 1.29 is 14.3 Å². The van der Waals surface area contributed by atoms with E-state index in [1.165, 1.54) is 0 Å². The van der Waals surface area contributed by atoms with Gasteiger partial charge in [-0.2, -0.15) is 0 Å². The van der Waals surface area contributed by atoms with E-state index in [9.17, 15) is 9.59 Å². The second-order valence-corrected chi connectivity index (χ2v) is 8.77. The third-order valence-electron chi connectivity index (χ3n) is 6.79. The molecule has 0 saturated carbocycles. The summed E-state index contributed by atoms with van der Waals surface area (Å²) in [6, 6.07) is 7.81. The van der Waals surface area contributed by atoms with Crippen molar-refractivity contribution in [3.63, 3.8) is 0 Å². The molecule has 0 aliphatic carbocycles. The fraction of sp³-hybridized carbons (Fsp3) is 0.652. The predicted molar refractivity (Wildman–Crippen MR) is 114 cm³/mol. The Kier molecular flexibility index (Phi) is 6.83. The Bertz CT molecular complexity index is 726. The Hall–Kier alpha value is -2.08. The Labute approximate surface area is 174 Å². The molecule has 1 aromatic carbocycles. The fourth-order valence-electron chi connectivity index (χ4n) is 5.14. The van der Waals surface area contributed by atoms with Crippen LogP contribution in [0, 0.1) is 5.41 Å². The van der Waals surface area contributed by atoms with Gasteiger partial charge < -0.3 is 14.5 Å². The SMILES string of the molecule is COc1ccccc1CCC(=O)N1CCC2(CCCN(C)C2C(=O)N(C)C)CC1. The zero-order chi connectivity index (χ0) is 21.0. The molecule has 29 heavy (non-hydrogen) atoms. The summed E-state index contributed by atoms with van der Waals surface area (Å²) in [5.41, 5.74) is 1.07. The number of hydrogen-bond acceptors (Lipinski definition) is 4. The maximum absolute atomic E-state index is 12.9. The van der Waals surface area contributed by atoms with Gasteiger partial charge in [0.15, 0.2) is 0 Å². The zero-order valence-electron chi connectivity index (χ0n) is 18.3. The van der Waals surface area contributed by atoms with Crippen molar-refractivity contribution in [2.45, 2.75) is 44.6 Å². The Morgan fingerprint density at radius 3 is 2.48 bits per heavy atom. The minimum atomic E-state index is -0.0721. The number of rotatable bonds is 5. The van der Waals surface area contributed by atoms with Crippen LogP contribution in [0.2, 0.25) is 0 Å². The second kappa shape index (κ2) is 9.16. The molecular weight excluding hydrogens is 366 g/mol. The molecule has 2 amide bonds. The molecule has 0 bridgehead atoms. The molecule has 2 fully saturated rings. The normalized spacial score (nSPS) is 21.8. The van der Waals surface area contributed by atoms with E-state index >= 15 is 0 Å². The highest BCUT2D eigenvalue weighted by molar-refractivity contribution is 5.82. The van der Waals surface area contributed by atoms with Crippen LogP contribution in [0.4, 0.5) is 0 Å². The Morgan fingerprint density at radius 2 is 1.83 bits per heavy atom. The monoisotopic (exact) mass is 401 g/mol. The van der Waals surface area contributed by atoms with Crippen LogP contribution in [0.1, 0.15) is 37.7 Å². The summed E-state index contributed by atoms with van der Waals surface area (Å²) in [4.78, 5) is 31.7. The first kappa shape index (κ1) is 21.6. The molecule has 1 atom stereocenters. The van der Waals surface area contributed by atoms with Crippen molar-refractivity contribution in [3.8, 4) is 5.75 Å². The molecule has 3 rings (SSSR count). The van der Waals surface area contributed by atoms with Crippen molar-refractivity contribution in [3.05, 3.63) is 29.8 Å². The number of likely N-dealkylation sites (tertiary alicyclic amines) is 2. The van der Waals surface area contributed by atoms with E-state index in [1.807, 2.05) is 43.3 Å². The molecule has 6 heteroatoms. The minimum Gasteiger partial charge on any atom is -0.496 e. The Morgan fingerprint density at radius 1 is 1.14 bits per heavy atom. The van der Waals surface area contributed by atoms with Crippen LogP contribution in [0.5, 0.6) is 5.75 Å². The van der Waals surface area contributed by atoms with E-state index in [2.05, 4.69) is 11.9 Å². The van der Waals surface area contributed by atoms with Crippen molar-refractivity contribution in [1.29, 1.82) is 0 Å². The van der Waals surface area contributed by atoms with Gasteiger partial charge in [0.05, 0.1) is 13.2 Å². The van der Waals surface area contributed by atoms with E-state index < -0.39 is 0 Å². The zero-order valence-corrected chi connectivity index (χ0v) is 18.3. The lowest BCUT2D eigenvalue weighted by Gasteiger charge is -2.52. The standard InChI is InChI=1S/C23H35N3O3/c1-24(2)22(28)21-23(12-7-15-25(21)3)13-16-26(17-14-23)20(27)11-10-18-8-5-6-9-19(18)29-4/h5-6,8-9,21H,7,10-17H2,1-4H3. The number of carbonyl (C=O) groups is 2. The lowest BCUT2D eigenvalue weighted by atomic mass is 9.66. The Balaban J connectivity index is 1.61. The van der Waals surface area contributed by atoms with Gasteiger partial charge in [-0.1, -0.05) is 18.2 Å². The highest BCUT2D eigenvalue weighted by atomic mass is 16.5. The molecule has 0 radical (unpaired) electrons. The van der Waals surface area contributed by atoms with Crippen LogP contribution in [-0.4, -0.2) is 80.4 Å². The van der Waals surface area contributed by atoms with Gasteiger partial charge >= 0.3 is 0 Å². The minimum absolute atomic E-state index is 0.00617. The molecule has 2 aliphatic heterocycles. The lowest BCUT2D eigenvalue weighted by molar-refractivity contribution is -0.146. The summed E-state index contributed by atoms with van der Waals surface area (Å²) < 4.78 is 5.40. The molecule has 2 saturated heterocycles. The quantitative estimate of drug-likeness (QED) is 0.760. The molecule has 1 aromatic rings. The number of ether oxygens (including phenoxy) is 1. The first-order valence-electron chi connectivity index (χ1n) is 10.7. The first-order chi connectivity index (χ1) is 13.9. The number of likely N-dealkylation sites (N-methyl/N-ethyl adjacent to an activating group) is 2. The largest absolute Gasteiger partial charge is 0.496 e. The molecule has 0 aromatic heterocycles. The van der Waals surface area contributed by atoms with Gasteiger partial charge in [-0.05, 0) is 62.7 Å². The van der Waals surface area contributed by atoms with E-state index in [1.54, 1.807) is 12.0 Å². The number of benzene rings is 1. The molecule has 1 unspecified atom stereocenters. The molecule has 0 N–H and O–H groups in total. The molecule has 6 nitrogen and oxygen atoms in total. The summed E-state index contributed by atoms with van der Waals surface area (Å²) in [6.07, 6.45) is 5.19. The molecular formula is C23H35N3O3. The maximum atomic E-state index is 12.9. The van der Waals surface area contributed by atoms with Crippen LogP contribution in [0.3, 0.4) is 0 Å². The summed E-state index contributed by atoms with van der Waals surface area (Å²) >= 11 is 0. The highest BCUT2D eigenvalue weighted by Gasteiger charge is 2.49. The fourth-order valence-corrected chi connectivity index (χ4v) is 5.14. The number of methoxy groups -OCH3 is 1. The third kappa shape index (κ3) is 4.58. The number of amides is 2.